The van der Waals surface area contributed by atoms with Crippen molar-refractivity contribution in [3.05, 3.63) is 35.9 Å². The number of carbonyl (C=O) groups is 1. The lowest BCUT2D eigenvalue weighted by Crippen LogP contribution is -2.33. The maximum atomic E-state index is 11.8. The van der Waals surface area contributed by atoms with Crippen molar-refractivity contribution in [3.8, 4) is 0 Å². The zero-order valence-electron chi connectivity index (χ0n) is 10.0. The quantitative estimate of drug-likeness (QED) is 0.895. The highest BCUT2D eigenvalue weighted by Gasteiger charge is 2.43. The average molecular weight is 289 g/mol. The van der Waals surface area contributed by atoms with Crippen molar-refractivity contribution in [2.24, 2.45) is 5.92 Å². The van der Waals surface area contributed by atoms with E-state index in [0.29, 0.717) is 18.4 Å². The van der Waals surface area contributed by atoms with Crippen LogP contribution < -0.4 is 5.32 Å². The summed E-state index contributed by atoms with van der Waals surface area (Å²) in [5.74, 6) is 0.648. The number of rotatable bonds is 2. The molecule has 1 aromatic carbocycles. The first-order chi connectivity index (χ1) is 7.84. The number of nitrogens with one attached hydrogen (secondary N) is 1. The van der Waals surface area contributed by atoms with E-state index in [1.54, 1.807) is 0 Å². The van der Waals surface area contributed by atoms with Crippen molar-refractivity contribution in [1.82, 2.24) is 10.2 Å². The maximum absolute atomic E-state index is 11.8. The Kier molecular flexibility index (Phi) is 5.60. The van der Waals surface area contributed by atoms with E-state index < -0.39 is 0 Å². The smallest absolute Gasteiger partial charge is 0.152 e. The highest BCUT2D eigenvalue weighted by molar-refractivity contribution is 5.86. The number of hydrogen-bond acceptors (Lipinski definition) is 3. The van der Waals surface area contributed by atoms with Gasteiger partial charge in [0, 0.05) is 31.6 Å². The van der Waals surface area contributed by atoms with Crippen LogP contribution in [0.5, 0.6) is 0 Å². The van der Waals surface area contributed by atoms with Gasteiger partial charge in [0.25, 0.3) is 0 Å². The summed E-state index contributed by atoms with van der Waals surface area (Å²) in [6.07, 6.45) is 0. The molecule has 18 heavy (non-hydrogen) atoms. The number of benzene rings is 1. The summed E-state index contributed by atoms with van der Waals surface area (Å²) in [7, 11) is 0. The van der Waals surface area contributed by atoms with Crippen LogP contribution in [-0.4, -0.2) is 36.4 Å². The van der Waals surface area contributed by atoms with Crippen LogP contribution in [0, 0.1) is 5.92 Å². The van der Waals surface area contributed by atoms with Crippen LogP contribution in [0.3, 0.4) is 0 Å². The first-order valence-corrected chi connectivity index (χ1v) is 5.86. The van der Waals surface area contributed by atoms with Gasteiger partial charge in [0.2, 0.25) is 0 Å². The fourth-order valence-electron chi connectivity index (χ4n) is 2.80. The maximum Gasteiger partial charge on any atom is 0.152 e. The summed E-state index contributed by atoms with van der Waals surface area (Å²) in [5.41, 5.74) is 1.29. The van der Waals surface area contributed by atoms with Crippen LogP contribution in [0.2, 0.25) is 0 Å². The van der Waals surface area contributed by atoms with Gasteiger partial charge in [-0.05, 0) is 5.56 Å². The Bertz CT molecular complexity index is 399. The van der Waals surface area contributed by atoms with E-state index in [1.165, 1.54) is 5.56 Å². The van der Waals surface area contributed by atoms with Crippen LogP contribution in [0.1, 0.15) is 5.56 Å². The molecule has 3 rings (SSSR count). The molecule has 3 nitrogen and oxygen atoms in total. The molecule has 2 unspecified atom stereocenters. The zero-order valence-corrected chi connectivity index (χ0v) is 11.7. The van der Waals surface area contributed by atoms with E-state index in [-0.39, 0.29) is 30.7 Å². The number of ketones is 1. The molecule has 2 atom stereocenters. The largest absolute Gasteiger partial charge is 0.314 e. The van der Waals surface area contributed by atoms with Gasteiger partial charge in [-0.1, -0.05) is 30.3 Å². The van der Waals surface area contributed by atoms with Crippen molar-refractivity contribution in [2.75, 3.05) is 19.6 Å². The topological polar surface area (TPSA) is 32.3 Å². The number of Topliss-reactive ketones (excluding diaryl/α,β-unsaturated/α-hetero) is 1. The first-order valence-electron chi connectivity index (χ1n) is 5.86. The number of halogens is 2. The molecule has 0 bridgehead atoms. The van der Waals surface area contributed by atoms with E-state index in [1.807, 2.05) is 6.07 Å². The number of nitrogens with zero attached hydrogens (tertiary/aromatic N) is 1. The Morgan fingerprint density at radius 1 is 1.17 bits per heavy atom. The minimum absolute atomic E-state index is 0. The third-order valence-corrected chi connectivity index (χ3v) is 3.65. The molecule has 0 saturated carbocycles. The Hall–Kier alpha value is -0.610. The molecule has 100 valence electrons. The molecule has 0 radical (unpaired) electrons. The third-order valence-electron chi connectivity index (χ3n) is 3.65. The molecule has 1 aromatic rings. The molecule has 2 aliphatic rings. The predicted molar refractivity (Wildman–Crippen MR) is 76.5 cm³/mol. The van der Waals surface area contributed by atoms with Crippen LogP contribution in [0.15, 0.2) is 30.3 Å². The van der Waals surface area contributed by atoms with Crippen LogP contribution >= 0.6 is 24.8 Å². The van der Waals surface area contributed by atoms with Crippen LogP contribution in [0.4, 0.5) is 0 Å². The van der Waals surface area contributed by atoms with Crippen molar-refractivity contribution in [2.45, 2.75) is 12.6 Å². The van der Waals surface area contributed by atoms with Gasteiger partial charge in [0.05, 0.1) is 6.54 Å². The van der Waals surface area contributed by atoms with Gasteiger partial charge in [-0.3, -0.25) is 9.69 Å². The lowest BCUT2D eigenvalue weighted by Gasteiger charge is -2.21. The molecule has 0 amide bonds. The van der Waals surface area contributed by atoms with Crippen molar-refractivity contribution < 1.29 is 4.79 Å². The van der Waals surface area contributed by atoms with Gasteiger partial charge in [0.15, 0.2) is 5.78 Å². The fourth-order valence-corrected chi connectivity index (χ4v) is 2.80. The van der Waals surface area contributed by atoms with E-state index in [9.17, 15) is 4.79 Å². The number of likely N-dealkylation sites (tertiary alicyclic amines) is 1. The van der Waals surface area contributed by atoms with Gasteiger partial charge in [-0.2, -0.15) is 0 Å². The summed E-state index contributed by atoms with van der Waals surface area (Å²) in [5, 5.41) is 3.31. The lowest BCUT2D eigenvalue weighted by molar-refractivity contribution is -0.119. The molecule has 5 heteroatoms. The molecule has 0 aliphatic carbocycles. The van der Waals surface area contributed by atoms with Crippen molar-refractivity contribution >= 4 is 30.6 Å². The molecule has 1 N–H and O–H groups in total. The minimum Gasteiger partial charge on any atom is -0.314 e. The second-order valence-corrected chi connectivity index (χ2v) is 4.69. The van der Waals surface area contributed by atoms with Gasteiger partial charge in [-0.25, -0.2) is 0 Å². The molecular weight excluding hydrogens is 271 g/mol. The number of carbonyl (C=O) groups excluding carboxylic acids is 1. The summed E-state index contributed by atoms with van der Waals surface area (Å²) in [6, 6.07) is 10.8. The summed E-state index contributed by atoms with van der Waals surface area (Å²) in [6.45, 7) is 3.36. The minimum atomic E-state index is 0. The van der Waals surface area contributed by atoms with Crippen LogP contribution in [0.25, 0.3) is 0 Å². The molecule has 2 heterocycles. The lowest BCUT2D eigenvalue weighted by atomic mass is 10.0. The van der Waals surface area contributed by atoms with Crippen LogP contribution in [-0.2, 0) is 11.3 Å². The second kappa shape index (κ2) is 6.53. The highest BCUT2D eigenvalue weighted by atomic mass is 35.5. The van der Waals surface area contributed by atoms with Crippen molar-refractivity contribution in [1.29, 1.82) is 0 Å². The Labute approximate surface area is 120 Å². The van der Waals surface area contributed by atoms with E-state index in [2.05, 4.69) is 34.5 Å². The monoisotopic (exact) mass is 288 g/mol. The SMILES string of the molecule is Cl.Cl.O=C1CN(Cc2ccccc2)C2CNCC12. The van der Waals surface area contributed by atoms with Gasteiger partial charge in [-0.15, -0.1) is 24.8 Å². The Balaban J connectivity index is 0.000000810. The molecule has 2 fully saturated rings. The molecule has 0 aromatic heterocycles. The van der Waals surface area contributed by atoms with Gasteiger partial charge >= 0.3 is 0 Å². The fraction of sp³-hybridized carbons (Fsp3) is 0.462. The van der Waals surface area contributed by atoms with Gasteiger partial charge in [0.1, 0.15) is 0 Å². The number of fused-ring (bicyclic) bond motifs is 1. The third kappa shape index (κ3) is 2.86. The molecular formula is C13H18Cl2N2O. The summed E-state index contributed by atoms with van der Waals surface area (Å²) >= 11 is 0. The highest BCUT2D eigenvalue weighted by Crippen LogP contribution is 2.25. The first kappa shape index (κ1) is 15.4. The van der Waals surface area contributed by atoms with E-state index in [4.69, 9.17) is 0 Å². The summed E-state index contributed by atoms with van der Waals surface area (Å²) in [4.78, 5) is 14.1. The zero-order chi connectivity index (χ0) is 11.0. The molecule has 2 aliphatic heterocycles. The van der Waals surface area contributed by atoms with E-state index in [0.717, 1.165) is 19.6 Å². The van der Waals surface area contributed by atoms with Gasteiger partial charge < -0.3 is 5.32 Å². The normalized spacial score (nSPS) is 26.3. The standard InChI is InChI=1S/C13H16N2O.2ClH/c16-13-9-15(12-7-14-6-11(12)13)8-10-4-2-1-3-5-10;;/h1-5,11-12,14H,6-9H2;2*1H. The molecule has 2 saturated heterocycles. The van der Waals surface area contributed by atoms with E-state index >= 15 is 0 Å². The second-order valence-electron chi connectivity index (χ2n) is 4.69. The average Bonchev–Trinajstić information content (AvgIpc) is 2.87. The Morgan fingerprint density at radius 3 is 2.61 bits per heavy atom. The summed E-state index contributed by atoms with van der Waals surface area (Å²) < 4.78 is 0. The number of hydrogen-bond donors (Lipinski definition) is 1. The van der Waals surface area contributed by atoms with Crippen molar-refractivity contribution in [3.63, 3.8) is 0 Å². The molecule has 0 spiro atoms. The predicted octanol–water partition coefficient (Wildman–Crippen LogP) is 1.50. The Morgan fingerprint density at radius 2 is 1.89 bits per heavy atom.